The zero-order chi connectivity index (χ0) is 20.2. The number of amides is 1. The highest BCUT2D eigenvalue weighted by atomic mass is 32.2. The van der Waals surface area contributed by atoms with Gasteiger partial charge in [-0.15, -0.1) is 23.5 Å². The molecular weight excluding hydrogens is 400 g/mol. The van der Waals surface area contributed by atoms with E-state index in [1.165, 1.54) is 10.5 Å². The second-order valence-electron chi connectivity index (χ2n) is 7.02. The van der Waals surface area contributed by atoms with E-state index < -0.39 is 0 Å². The highest BCUT2D eigenvalue weighted by Gasteiger charge is 2.22. The van der Waals surface area contributed by atoms with E-state index >= 15 is 0 Å². The summed E-state index contributed by atoms with van der Waals surface area (Å²) in [6.07, 6.45) is 4.13. The Labute approximate surface area is 180 Å². The Hall–Kier alpha value is -2.18. The fraction of sp³-hybridized carbons (Fsp3) is 0.304. The summed E-state index contributed by atoms with van der Waals surface area (Å²) in [7, 11) is 0. The third-order valence-corrected chi connectivity index (χ3v) is 6.78. The first kappa shape index (κ1) is 20.1. The number of oxazole rings is 1. The second kappa shape index (κ2) is 9.09. The molecular formula is C23H24N2O2S2. The molecule has 2 aromatic carbocycles. The van der Waals surface area contributed by atoms with Crippen molar-refractivity contribution in [3.8, 4) is 11.5 Å². The van der Waals surface area contributed by atoms with Gasteiger partial charge >= 0.3 is 0 Å². The third kappa shape index (κ3) is 4.54. The van der Waals surface area contributed by atoms with Crippen LogP contribution in [0.3, 0.4) is 0 Å². The maximum Gasteiger partial charge on any atom is 0.236 e. The molecule has 6 heteroatoms. The van der Waals surface area contributed by atoms with Crippen LogP contribution in [0.2, 0.25) is 0 Å². The summed E-state index contributed by atoms with van der Waals surface area (Å²) in [6, 6.07) is 16.4. The molecule has 0 unspecified atom stereocenters. The Morgan fingerprint density at radius 3 is 2.76 bits per heavy atom. The molecule has 1 aliphatic rings. The summed E-state index contributed by atoms with van der Waals surface area (Å²) < 4.78 is 5.87. The van der Waals surface area contributed by atoms with Gasteiger partial charge in [0.2, 0.25) is 11.8 Å². The smallest absolute Gasteiger partial charge is 0.236 e. The summed E-state index contributed by atoms with van der Waals surface area (Å²) in [6.45, 7) is 2.74. The number of aromatic nitrogens is 1. The number of thioether (sulfide) groups is 2. The first-order chi connectivity index (χ1) is 14.2. The Morgan fingerprint density at radius 1 is 1.17 bits per heavy atom. The molecule has 0 saturated heterocycles. The van der Waals surface area contributed by atoms with E-state index in [4.69, 9.17) is 4.42 Å². The lowest BCUT2D eigenvalue weighted by Crippen LogP contribution is -2.36. The molecule has 0 saturated carbocycles. The maximum absolute atomic E-state index is 12.8. The van der Waals surface area contributed by atoms with Crippen molar-refractivity contribution in [1.29, 1.82) is 0 Å². The van der Waals surface area contributed by atoms with Crippen molar-refractivity contribution in [3.05, 3.63) is 65.5 Å². The minimum absolute atomic E-state index is 0.163. The lowest BCUT2D eigenvalue weighted by molar-refractivity contribution is -0.116. The number of anilines is 1. The summed E-state index contributed by atoms with van der Waals surface area (Å²) in [5.41, 5.74) is 4.22. The van der Waals surface area contributed by atoms with Crippen LogP contribution in [0.1, 0.15) is 23.4 Å². The fourth-order valence-electron chi connectivity index (χ4n) is 3.52. The highest BCUT2D eigenvalue weighted by molar-refractivity contribution is 7.99. The fourth-order valence-corrected chi connectivity index (χ4v) is 4.83. The van der Waals surface area contributed by atoms with Crippen molar-refractivity contribution in [3.63, 3.8) is 0 Å². The van der Waals surface area contributed by atoms with Gasteiger partial charge in [0.15, 0.2) is 0 Å². The molecule has 29 heavy (non-hydrogen) atoms. The average molecular weight is 425 g/mol. The van der Waals surface area contributed by atoms with Crippen molar-refractivity contribution in [1.82, 2.24) is 4.98 Å². The van der Waals surface area contributed by atoms with Gasteiger partial charge in [-0.1, -0.05) is 18.2 Å². The molecule has 2 heterocycles. The second-order valence-corrected chi connectivity index (χ2v) is 8.89. The van der Waals surface area contributed by atoms with Crippen LogP contribution in [0.25, 0.3) is 11.5 Å². The molecule has 0 N–H and O–H groups in total. The minimum Gasteiger partial charge on any atom is -0.441 e. The van der Waals surface area contributed by atoms with Crippen LogP contribution < -0.4 is 4.90 Å². The molecule has 1 amide bonds. The lowest BCUT2D eigenvalue weighted by Gasteiger charge is -2.29. The van der Waals surface area contributed by atoms with Gasteiger partial charge in [0.05, 0.1) is 11.4 Å². The molecule has 0 radical (unpaired) electrons. The van der Waals surface area contributed by atoms with Crippen LogP contribution in [-0.2, 0) is 17.0 Å². The SMILES string of the molecule is CSc1ccc(-c2nc(CSCC(=O)N3CCCc4ccccc43)c(C)o2)cc1. The van der Waals surface area contributed by atoms with Crippen molar-refractivity contribution in [2.75, 3.05) is 23.5 Å². The monoisotopic (exact) mass is 424 g/mol. The summed E-state index contributed by atoms with van der Waals surface area (Å²) >= 11 is 3.31. The summed E-state index contributed by atoms with van der Waals surface area (Å²) in [4.78, 5) is 20.6. The molecule has 3 aromatic rings. The van der Waals surface area contributed by atoms with E-state index in [2.05, 4.69) is 29.4 Å². The van der Waals surface area contributed by atoms with E-state index in [-0.39, 0.29) is 5.91 Å². The largest absolute Gasteiger partial charge is 0.441 e. The Bertz CT molecular complexity index is 998. The van der Waals surface area contributed by atoms with Gasteiger partial charge in [-0.25, -0.2) is 4.98 Å². The third-order valence-electron chi connectivity index (χ3n) is 5.11. The van der Waals surface area contributed by atoms with Crippen molar-refractivity contribution in [2.45, 2.75) is 30.4 Å². The number of nitrogens with zero attached hydrogens (tertiary/aromatic N) is 2. The van der Waals surface area contributed by atoms with Crippen LogP contribution >= 0.6 is 23.5 Å². The molecule has 4 nitrogen and oxygen atoms in total. The van der Waals surface area contributed by atoms with E-state index in [0.717, 1.165) is 42.1 Å². The quantitative estimate of drug-likeness (QED) is 0.483. The number of carbonyl (C=O) groups is 1. The summed E-state index contributed by atoms with van der Waals surface area (Å²) in [5, 5.41) is 0. The number of hydrogen-bond donors (Lipinski definition) is 0. The Morgan fingerprint density at radius 2 is 1.97 bits per heavy atom. The van der Waals surface area contributed by atoms with Crippen molar-refractivity contribution < 1.29 is 9.21 Å². The van der Waals surface area contributed by atoms with Crippen LogP contribution in [0.4, 0.5) is 5.69 Å². The summed E-state index contributed by atoms with van der Waals surface area (Å²) in [5.74, 6) is 2.73. The van der Waals surface area contributed by atoms with E-state index in [0.29, 0.717) is 17.4 Å². The molecule has 0 spiro atoms. The molecule has 0 atom stereocenters. The molecule has 0 fully saturated rings. The molecule has 0 bridgehead atoms. The average Bonchev–Trinajstić information content (AvgIpc) is 3.13. The van der Waals surface area contributed by atoms with E-state index in [1.807, 2.05) is 42.2 Å². The standard InChI is InChI=1S/C23H24N2O2S2/c1-16-20(24-23(27-16)18-9-11-19(28-2)12-10-18)14-29-15-22(26)25-13-5-7-17-6-3-4-8-21(17)25/h3-4,6,8-12H,5,7,13-15H2,1-2H3. The van der Waals surface area contributed by atoms with Crippen LogP contribution in [0, 0.1) is 6.92 Å². The number of benzene rings is 2. The van der Waals surface area contributed by atoms with Gasteiger partial charge in [-0.2, -0.15) is 0 Å². The lowest BCUT2D eigenvalue weighted by atomic mass is 10.0. The number of para-hydroxylation sites is 1. The molecule has 150 valence electrons. The first-order valence-electron chi connectivity index (χ1n) is 9.72. The minimum atomic E-state index is 0.163. The number of carbonyl (C=O) groups excluding carboxylic acids is 1. The van der Waals surface area contributed by atoms with Gasteiger partial charge in [0.25, 0.3) is 0 Å². The topological polar surface area (TPSA) is 46.3 Å². The normalized spacial score (nSPS) is 13.4. The van der Waals surface area contributed by atoms with Crippen LogP contribution in [0.5, 0.6) is 0 Å². The molecule has 1 aromatic heterocycles. The predicted octanol–water partition coefficient (Wildman–Crippen LogP) is 5.58. The molecule has 4 rings (SSSR count). The predicted molar refractivity (Wildman–Crippen MR) is 122 cm³/mol. The maximum atomic E-state index is 12.8. The molecule has 0 aliphatic carbocycles. The Balaban J connectivity index is 1.37. The van der Waals surface area contributed by atoms with Crippen LogP contribution in [-0.4, -0.2) is 29.4 Å². The van der Waals surface area contributed by atoms with Crippen molar-refractivity contribution >= 4 is 35.1 Å². The Kier molecular flexibility index (Phi) is 6.31. The molecule has 1 aliphatic heterocycles. The zero-order valence-electron chi connectivity index (χ0n) is 16.7. The van der Waals surface area contributed by atoms with E-state index in [9.17, 15) is 4.79 Å². The first-order valence-corrected chi connectivity index (χ1v) is 12.1. The number of hydrogen-bond acceptors (Lipinski definition) is 5. The van der Waals surface area contributed by atoms with E-state index in [1.54, 1.807) is 23.5 Å². The number of fused-ring (bicyclic) bond motifs is 1. The zero-order valence-corrected chi connectivity index (χ0v) is 18.3. The van der Waals surface area contributed by atoms with Crippen LogP contribution in [0.15, 0.2) is 57.8 Å². The van der Waals surface area contributed by atoms with Gasteiger partial charge in [-0.05, 0) is 61.9 Å². The number of rotatable bonds is 6. The van der Waals surface area contributed by atoms with Gasteiger partial charge in [-0.3, -0.25) is 4.79 Å². The van der Waals surface area contributed by atoms with Gasteiger partial charge < -0.3 is 9.32 Å². The number of aryl methyl sites for hydroxylation is 2. The van der Waals surface area contributed by atoms with Gasteiger partial charge in [0, 0.05) is 28.4 Å². The highest BCUT2D eigenvalue weighted by Crippen LogP contribution is 2.29. The van der Waals surface area contributed by atoms with Crippen molar-refractivity contribution in [2.24, 2.45) is 0 Å². The van der Waals surface area contributed by atoms with Gasteiger partial charge in [0.1, 0.15) is 5.76 Å².